The van der Waals surface area contributed by atoms with Crippen molar-refractivity contribution >= 4 is 10.0 Å². The van der Waals surface area contributed by atoms with E-state index < -0.39 is 21.9 Å². The Morgan fingerprint density at radius 2 is 1.80 bits per heavy atom. The molecule has 0 aromatic heterocycles. The summed E-state index contributed by atoms with van der Waals surface area (Å²) in [6.07, 6.45) is 0. The van der Waals surface area contributed by atoms with Gasteiger partial charge in [0.05, 0.1) is 4.90 Å². The summed E-state index contributed by atoms with van der Waals surface area (Å²) in [5.74, 6) is -0.597. The van der Waals surface area contributed by atoms with Gasteiger partial charge in [-0.2, -0.15) is 0 Å². The van der Waals surface area contributed by atoms with Crippen molar-refractivity contribution in [3.05, 3.63) is 66.0 Å². The summed E-state index contributed by atoms with van der Waals surface area (Å²) in [7, 11) is -3.76. The molecule has 0 aliphatic heterocycles. The predicted octanol–water partition coefficient (Wildman–Crippen LogP) is 1.80. The zero-order valence-electron chi connectivity index (χ0n) is 10.7. The van der Waals surface area contributed by atoms with Crippen molar-refractivity contribution in [2.75, 3.05) is 6.54 Å². The molecule has 0 unspecified atom stereocenters. The Hall–Kier alpha value is -1.76. The Morgan fingerprint density at radius 3 is 2.45 bits per heavy atom. The standard InChI is InChI=1S/C14H15FN2O2S/c15-12-7-4-8-13(9-12)20(18,19)17-10-14(16)11-5-2-1-3-6-11/h1-9,14,17H,10,16H2/t14-/m1/s1. The summed E-state index contributed by atoms with van der Waals surface area (Å²) in [4.78, 5) is -0.113. The third-order valence-electron chi connectivity index (χ3n) is 2.83. The highest BCUT2D eigenvalue weighted by Gasteiger charge is 2.16. The zero-order chi connectivity index (χ0) is 14.6. The molecule has 1 atom stereocenters. The van der Waals surface area contributed by atoms with Crippen LogP contribution in [0.15, 0.2) is 59.5 Å². The van der Waals surface area contributed by atoms with Gasteiger partial charge in [0, 0.05) is 12.6 Å². The first-order valence-corrected chi connectivity index (χ1v) is 7.53. The van der Waals surface area contributed by atoms with E-state index in [9.17, 15) is 12.8 Å². The van der Waals surface area contributed by atoms with Gasteiger partial charge in [0.1, 0.15) is 5.82 Å². The minimum Gasteiger partial charge on any atom is -0.323 e. The summed E-state index contributed by atoms with van der Waals surface area (Å²) in [6.45, 7) is 0.0445. The SMILES string of the molecule is N[C@H](CNS(=O)(=O)c1cccc(F)c1)c1ccccc1. The highest BCUT2D eigenvalue weighted by Crippen LogP contribution is 2.12. The molecule has 0 amide bonds. The molecule has 0 fully saturated rings. The maximum Gasteiger partial charge on any atom is 0.240 e. The molecule has 0 heterocycles. The second-order valence-corrected chi connectivity index (χ2v) is 6.09. The lowest BCUT2D eigenvalue weighted by atomic mass is 10.1. The smallest absolute Gasteiger partial charge is 0.240 e. The van der Waals surface area contributed by atoms with Crippen molar-refractivity contribution in [1.29, 1.82) is 0 Å². The number of hydrogen-bond acceptors (Lipinski definition) is 3. The fourth-order valence-corrected chi connectivity index (χ4v) is 2.83. The van der Waals surface area contributed by atoms with Crippen LogP contribution in [0.4, 0.5) is 4.39 Å². The Kier molecular flexibility index (Phi) is 4.49. The summed E-state index contributed by atoms with van der Waals surface area (Å²) in [5.41, 5.74) is 6.74. The molecule has 0 spiro atoms. The van der Waals surface area contributed by atoms with Gasteiger partial charge in [0.2, 0.25) is 10.0 Å². The molecular weight excluding hydrogens is 279 g/mol. The maximum absolute atomic E-state index is 13.0. The first kappa shape index (κ1) is 14.6. The van der Waals surface area contributed by atoms with Gasteiger partial charge in [-0.1, -0.05) is 36.4 Å². The largest absolute Gasteiger partial charge is 0.323 e. The molecule has 0 aliphatic rings. The molecule has 2 aromatic carbocycles. The van der Waals surface area contributed by atoms with Crippen molar-refractivity contribution in [3.63, 3.8) is 0 Å². The molecule has 0 aliphatic carbocycles. The lowest BCUT2D eigenvalue weighted by molar-refractivity contribution is 0.569. The van der Waals surface area contributed by atoms with E-state index in [2.05, 4.69) is 4.72 Å². The number of nitrogens with one attached hydrogen (secondary N) is 1. The predicted molar refractivity (Wildman–Crippen MR) is 75.0 cm³/mol. The monoisotopic (exact) mass is 294 g/mol. The van der Waals surface area contributed by atoms with E-state index in [1.165, 1.54) is 18.2 Å². The van der Waals surface area contributed by atoms with Crippen molar-refractivity contribution < 1.29 is 12.8 Å². The molecule has 20 heavy (non-hydrogen) atoms. The van der Waals surface area contributed by atoms with Crippen molar-refractivity contribution in [2.45, 2.75) is 10.9 Å². The third-order valence-corrected chi connectivity index (χ3v) is 4.25. The van der Waals surface area contributed by atoms with E-state index in [0.29, 0.717) is 0 Å². The van der Waals surface area contributed by atoms with Crippen LogP contribution in [0.3, 0.4) is 0 Å². The lowest BCUT2D eigenvalue weighted by Gasteiger charge is -2.13. The van der Waals surface area contributed by atoms with Crippen LogP contribution < -0.4 is 10.5 Å². The van der Waals surface area contributed by atoms with Crippen LogP contribution in [0.1, 0.15) is 11.6 Å². The Labute approximate surface area is 117 Å². The van der Waals surface area contributed by atoms with Crippen LogP contribution >= 0.6 is 0 Å². The van der Waals surface area contributed by atoms with Crippen LogP contribution in [0.2, 0.25) is 0 Å². The summed E-state index contributed by atoms with van der Waals surface area (Å²) in [5, 5.41) is 0. The second kappa shape index (κ2) is 6.13. The third kappa shape index (κ3) is 3.63. The number of sulfonamides is 1. The normalized spacial score (nSPS) is 13.1. The zero-order valence-corrected chi connectivity index (χ0v) is 11.5. The molecule has 3 N–H and O–H groups in total. The maximum atomic E-state index is 13.0. The Bertz CT molecular complexity index is 675. The Morgan fingerprint density at radius 1 is 1.10 bits per heavy atom. The summed E-state index contributed by atoms with van der Waals surface area (Å²) >= 11 is 0. The van der Waals surface area contributed by atoms with Crippen LogP contribution in [0.25, 0.3) is 0 Å². The molecule has 4 nitrogen and oxygen atoms in total. The number of benzene rings is 2. The molecular formula is C14H15FN2O2S. The first-order chi connectivity index (χ1) is 9.49. The van der Waals surface area contributed by atoms with Crippen LogP contribution in [-0.2, 0) is 10.0 Å². The Balaban J connectivity index is 2.07. The number of halogens is 1. The van der Waals surface area contributed by atoms with Gasteiger partial charge in [0.15, 0.2) is 0 Å². The minimum absolute atomic E-state index is 0.0445. The van der Waals surface area contributed by atoms with E-state index in [4.69, 9.17) is 5.73 Å². The van der Waals surface area contributed by atoms with Gasteiger partial charge >= 0.3 is 0 Å². The van der Waals surface area contributed by atoms with Gasteiger partial charge in [0.25, 0.3) is 0 Å². The highest BCUT2D eigenvalue weighted by molar-refractivity contribution is 7.89. The average molecular weight is 294 g/mol. The molecule has 106 valence electrons. The van der Waals surface area contributed by atoms with Gasteiger partial charge in [-0.05, 0) is 23.8 Å². The van der Waals surface area contributed by atoms with Gasteiger partial charge in [-0.3, -0.25) is 0 Å². The van der Waals surface area contributed by atoms with E-state index >= 15 is 0 Å². The average Bonchev–Trinajstić information content (AvgIpc) is 2.46. The molecule has 0 saturated carbocycles. The van der Waals surface area contributed by atoms with Gasteiger partial charge in [-0.15, -0.1) is 0 Å². The van der Waals surface area contributed by atoms with Crippen LogP contribution in [-0.4, -0.2) is 15.0 Å². The fourth-order valence-electron chi connectivity index (χ4n) is 1.74. The van der Waals surface area contributed by atoms with E-state index in [1.807, 2.05) is 30.3 Å². The van der Waals surface area contributed by atoms with Crippen molar-refractivity contribution in [2.24, 2.45) is 5.73 Å². The molecule has 0 saturated heterocycles. The molecule has 0 bridgehead atoms. The minimum atomic E-state index is -3.76. The highest BCUT2D eigenvalue weighted by atomic mass is 32.2. The topological polar surface area (TPSA) is 72.2 Å². The van der Waals surface area contributed by atoms with Crippen LogP contribution in [0, 0.1) is 5.82 Å². The molecule has 6 heteroatoms. The second-order valence-electron chi connectivity index (χ2n) is 4.33. The van der Waals surface area contributed by atoms with E-state index in [-0.39, 0.29) is 11.4 Å². The fraction of sp³-hybridized carbons (Fsp3) is 0.143. The molecule has 0 radical (unpaired) electrons. The van der Waals surface area contributed by atoms with Gasteiger partial charge in [-0.25, -0.2) is 17.5 Å². The molecule has 2 rings (SSSR count). The first-order valence-electron chi connectivity index (χ1n) is 6.05. The summed E-state index contributed by atoms with van der Waals surface area (Å²) < 4.78 is 39.4. The van der Waals surface area contributed by atoms with E-state index in [0.717, 1.165) is 11.6 Å². The van der Waals surface area contributed by atoms with Crippen molar-refractivity contribution in [1.82, 2.24) is 4.72 Å². The quantitative estimate of drug-likeness (QED) is 0.883. The number of nitrogens with two attached hydrogens (primary N) is 1. The van der Waals surface area contributed by atoms with Crippen LogP contribution in [0.5, 0.6) is 0 Å². The molecule has 2 aromatic rings. The van der Waals surface area contributed by atoms with Gasteiger partial charge < -0.3 is 5.73 Å². The lowest BCUT2D eigenvalue weighted by Crippen LogP contribution is -2.32. The number of hydrogen-bond donors (Lipinski definition) is 2. The van der Waals surface area contributed by atoms with E-state index in [1.54, 1.807) is 0 Å². The van der Waals surface area contributed by atoms with Crippen molar-refractivity contribution in [3.8, 4) is 0 Å². The summed E-state index contributed by atoms with van der Waals surface area (Å²) in [6, 6.07) is 13.5. The number of rotatable bonds is 5.